The van der Waals surface area contributed by atoms with Gasteiger partial charge < -0.3 is 4.74 Å². The van der Waals surface area contributed by atoms with Gasteiger partial charge in [0.1, 0.15) is 11.1 Å². The van der Waals surface area contributed by atoms with Crippen molar-refractivity contribution in [3.63, 3.8) is 0 Å². The highest BCUT2D eigenvalue weighted by atomic mass is 16.6. The highest BCUT2D eigenvalue weighted by molar-refractivity contribution is 5.99. The number of allylic oxidation sites excluding steroid dienone is 1. The summed E-state index contributed by atoms with van der Waals surface area (Å²) in [6.07, 6.45) is 3.58. The molecule has 1 atom stereocenters. The molecule has 100 valence electrons. The highest BCUT2D eigenvalue weighted by Crippen LogP contribution is 2.50. The monoisotopic (exact) mass is 251 g/mol. The van der Waals surface area contributed by atoms with Gasteiger partial charge in [-0.2, -0.15) is 0 Å². The predicted molar refractivity (Wildman–Crippen MR) is 68.2 cm³/mol. The first-order valence-corrected chi connectivity index (χ1v) is 6.46. The van der Waals surface area contributed by atoms with Gasteiger partial charge in [0.2, 0.25) is 0 Å². The van der Waals surface area contributed by atoms with Crippen molar-refractivity contribution in [2.24, 2.45) is 5.92 Å². The van der Waals surface area contributed by atoms with Crippen LogP contribution in [-0.2, 0) is 9.53 Å². The number of amides is 1. The van der Waals surface area contributed by atoms with Crippen LogP contribution in [0.4, 0.5) is 4.79 Å². The Hall–Kier alpha value is -1.32. The summed E-state index contributed by atoms with van der Waals surface area (Å²) in [4.78, 5) is 26.0. The molecule has 2 rings (SSSR count). The summed E-state index contributed by atoms with van der Waals surface area (Å²) in [6.45, 7) is 9.65. The lowest BCUT2D eigenvalue weighted by Gasteiger charge is -2.27. The minimum atomic E-state index is -0.546. The van der Waals surface area contributed by atoms with Crippen molar-refractivity contribution < 1.29 is 14.3 Å². The molecule has 1 saturated carbocycles. The van der Waals surface area contributed by atoms with Gasteiger partial charge >= 0.3 is 6.09 Å². The Morgan fingerprint density at radius 1 is 1.56 bits per heavy atom. The average Bonchev–Trinajstić information content (AvgIpc) is 2.96. The Bertz CT molecular complexity index is 390. The standard InChI is InChI=1S/C14H21NO3/c1-5-6-10-9-15(12(17)18-13(2,3)4)14(7-8-14)11(10)16/h5,10H,1,6-9H2,2-4H3. The van der Waals surface area contributed by atoms with Crippen molar-refractivity contribution in [2.75, 3.05) is 6.54 Å². The number of likely N-dealkylation sites (tertiary alicyclic amines) is 1. The van der Waals surface area contributed by atoms with E-state index in [4.69, 9.17) is 4.74 Å². The van der Waals surface area contributed by atoms with Crippen molar-refractivity contribution in [1.82, 2.24) is 4.90 Å². The Morgan fingerprint density at radius 2 is 2.17 bits per heavy atom. The van der Waals surface area contributed by atoms with E-state index in [9.17, 15) is 9.59 Å². The maximum atomic E-state index is 12.3. The number of ketones is 1. The number of hydrogen-bond donors (Lipinski definition) is 0. The average molecular weight is 251 g/mol. The maximum Gasteiger partial charge on any atom is 0.411 e. The number of Topliss-reactive ketones (excluding diaryl/α,β-unsaturated/α-hetero) is 1. The first-order chi connectivity index (χ1) is 8.30. The highest BCUT2D eigenvalue weighted by Gasteiger charge is 2.63. The van der Waals surface area contributed by atoms with Gasteiger partial charge in [0, 0.05) is 12.5 Å². The normalized spacial score (nSPS) is 25.4. The fourth-order valence-corrected chi connectivity index (χ4v) is 2.57. The lowest BCUT2D eigenvalue weighted by atomic mass is 9.99. The van der Waals surface area contributed by atoms with Crippen LogP contribution in [0.2, 0.25) is 0 Å². The number of hydrogen-bond acceptors (Lipinski definition) is 3. The number of ether oxygens (including phenoxy) is 1. The van der Waals surface area contributed by atoms with Gasteiger partial charge in [-0.25, -0.2) is 4.79 Å². The fourth-order valence-electron chi connectivity index (χ4n) is 2.57. The van der Waals surface area contributed by atoms with E-state index in [2.05, 4.69) is 6.58 Å². The van der Waals surface area contributed by atoms with Gasteiger partial charge in [-0.05, 0) is 40.0 Å². The van der Waals surface area contributed by atoms with E-state index in [1.165, 1.54) is 0 Å². The van der Waals surface area contributed by atoms with Gasteiger partial charge in [0.25, 0.3) is 0 Å². The van der Waals surface area contributed by atoms with Gasteiger partial charge in [-0.3, -0.25) is 9.69 Å². The molecule has 0 bridgehead atoms. The quantitative estimate of drug-likeness (QED) is 0.708. The van der Waals surface area contributed by atoms with Crippen molar-refractivity contribution in [1.29, 1.82) is 0 Å². The van der Waals surface area contributed by atoms with Gasteiger partial charge in [0.15, 0.2) is 5.78 Å². The minimum Gasteiger partial charge on any atom is -0.444 e. The molecule has 1 heterocycles. The molecule has 0 aromatic heterocycles. The molecule has 2 fully saturated rings. The summed E-state index contributed by atoms with van der Waals surface area (Å²) in [6, 6.07) is 0. The summed E-state index contributed by atoms with van der Waals surface area (Å²) in [5, 5.41) is 0. The Kier molecular flexibility index (Phi) is 2.99. The fraction of sp³-hybridized carbons (Fsp3) is 0.714. The largest absolute Gasteiger partial charge is 0.444 e. The molecule has 1 aliphatic heterocycles. The van der Waals surface area contributed by atoms with E-state index in [0.717, 1.165) is 12.8 Å². The molecular weight excluding hydrogens is 230 g/mol. The Balaban J connectivity index is 2.12. The van der Waals surface area contributed by atoms with Crippen molar-refractivity contribution in [3.05, 3.63) is 12.7 Å². The maximum absolute atomic E-state index is 12.3. The summed E-state index contributed by atoms with van der Waals surface area (Å²) >= 11 is 0. The number of nitrogens with zero attached hydrogens (tertiary/aromatic N) is 1. The molecule has 4 nitrogen and oxygen atoms in total. The molecule has 4 heteroatoms. The van der Waals surface area contributed by atoms with Gasteiger partial charge in [0.05, 0.1) is 0 Å². The molecule has 0 aromatic rings. The second-order valence-electron chi connectivity index (χ2n) is 6.21. The molecule has 1 aliphatic carbocycles. The zero-order chi connectivity index (χ0) is 13.6. The third kappa shape index (κ3) is 2.16. The Morgan fingerprint density at radius 3 is 2.61 bits per heavy atom. The molecule has 2 aliphatic rings. The van der Waals surface area contributed by atoms with E-state index in [-0.39, 0.29) is 17.8 Å². The zero-order valence-corrected chi connectivity index (χ0v) is 11.4. The molecule has 1 spiro atoms. The molecule has 1 unspecified atom stereocenters. The van der Waals surface area contributed by atoms with Crippen LogP contribution in [0.5, 0.6) is 0 Å². The summed E-state index contributed by atoms with van der Waals surface area (Å²) in [5.41, 5.74) is -1.07. The molecule has 0 N–H and O–H groups in total. The minimum absolute atomic E-state index is 0.0995. The summed E-state index contributed by atoms with van der Waals surface area (Å²) in [5.74, 6) is 0.0887. The topological polar surface area (TPSA) is 46.6 Å². The first-order valence-electron chi connectivity index (χ1n) is 6.46. The van der Waals surface area contributed by atoms with E-state index < -0.39 is 11.1 Å². The number of rotatable bonds is 2. The molecule has 1 saturated heterocycles. The van der Waals surface area contributed by atoms with Gasteiger partial charge in [-0.15, -0.1) is 6.58 Å². The van der Waals surface area contributed by atoms with Crippen LogP contribution in [0, 0.1) is 5.92 Å². The van der Waals surface area contributed by atoms with Gasteiger partial charge in [-0.1, -0.05) is 6.08 Å². The lowest BCUT2D eigenvalue weighted by Crippen LogP contribution is -2.43. The lowest BCUT2D eigenvalue weighted by molar-refractivity contribution is -0.123. The van der Waals surface area contributed by atoms with Crippen molar-refractivity contribution in [2.45, 2.75) is 51.2 Å². The third-order valence-corrected chi connectivity index (χ3v) is 3.54. The van der Waals surface area contributed by atoms with E-state index in [0.29, 0.717) is 13.0 Å². The van der Waals surface area contributed by atoms with Crippen LogP contribution >= 0.6 is 0 Å². The molecule has 0 radical (unpaired) electrons. The predicted octanol–water partition coefficient (Wildman–Crippen LogP) is 2.53. The van der Waals surface area contributed by atoms with Crippen LogP contribution in [0.3, 0.4) is 0 Å². The summed E-state index contributed by atoms with van der Waals surface area (Å²) < 4.78 is 5.38. The molecular formula is C14H21NO3. The summed E-state index contributed by atoms with van der Waals surface area (Å²) in [7, 11) is 0. The number of carbonyl (C=O) groups excluding carboxylic acids is 2. The van der Waals surface area contributed by atoms with Crippen molar-refractivity contribution in [3.8, 4) is 0 Å². The smallest absolute Gasteiger partial charge is 0.411 e. The molecule has 18 heavy (non-hydrogen) atoms. The Labute approximate surface area is 108 Å². The van der Waals surface area contributed by atoms with Crippen LogP contribution < -0.4 is 0 Å². The molecule has 1 amide bonds. The van der Waals surface area contributed by atoms with E-state index >= 15 is 0 Å². The number of carbonyl (C=O) groups is 2. The SMILES string of the molecule is C=CCC1CN(C(=O)OC(C)(C)C)C2(CC2)C1=O. The van der Waals surface area contributed by atoms with E-state index in [1.807, 2.05) is 20.8 Å². The van der Waals surface area contributed by atoms with Crippen LogP contribution in [0.1, 0.15) is 40.0 Å². The molecule has 0 aromatic carbocycles. The van der Waals surface area contributed by atoms with E-state index in [1.54, 1.807) is 11.0 Å². The zero-order valence-electron chi connectivity index (χ0n) is 11.4. The van der Waals surface area contributed by atoms with Crippen LogP contribution in [-0.4, -0.2) is 34.5 Å². The first kappa shape index (κ1) is 13.1. The van der Waals surface area contributed by atoms with Crippen molar-refractivity contribution >= 4 is 11.9 Å². The van der Waals surface area contributed by atoms with Crippen LogP contribution in [0.25, 0.3) is 0 Å². The second kappa shape index (κ2) is 4.11. The third-order valence-electron chi connectivity index (χ3n) is 3.54. The van der Waals surface area contributed by atoms with Crippen LogP contribution in [0.15, 0.2) is 12.7 Å². The second-order valence-corrected chi connectivity index (χ2v) is 6.21.